The van der Waals surface area contributed by atoms with E-state index in [1.807, 2.05) is 0 Å². The second kappa shape index (κ2) is 7.57. The summed E-state index contributed by atoms with van der Waals surface area (Å²) in [5.74, 6) is 0. The van der Waals surface area contributed by atoms with E-state index in [0.717, 1.165) is 0 Å². The van der Waals surface area contributed by atoms with Crippen LogP contribution in [0.3, 0.4) is 0 Å². The van der Waals surface area contributed by atoms with E-state index in [0.29, 0.717) is 6.04 Å². The molecule has 0 spiro atoms. The van der Waals surface area contributed by atoms with Gasteiger partial charge in [0.2, 0.25) is 0 Å². The molecule has 0 aliphatic heterocycles. The first-order chi connectivity index (χ1) is 12.4. The molecule has 0 amide bonds. The maximum absolute atomic E-state index is 3.80. The lowest BCUT2D eigenvalue weighted by atomic mass is 9.94. The van der Waals surface area contributed by atoms with Crippen LogP contribution in [0.5, 0.6) is 0 Å². The summed E-state index contributed by atoms with van der Waals surface area (Å²) >= 11 is 0. The van der Waals surface area contributed by atoms with Crippen molar-refractivity contribution in [2.45, 2.75) is 38.1 Å². The fraction of sp³-hybridized carbons (Fsp3) is 0.250. The molecule has 0 bridgehead atoms. The lowest BCUT2D eigenvalue weighted by Gasteiger charge is -2.24. The quantitative estimate of drug-likeness (QED) is 0.558. The molecular formula is C24H25N. The summed E-state index contributed by atoms with van der Waals surface area (Å²) in [6.45, 7) is 0. The Bertz CT molecular complexity index is 744. The van der Waals surface area contributed by atoms with Crippen LogP contribution in [0, 0.1) is 0 Å². The minimum Gasteiger partial charge on any atom is -0.382 e. The van der Waals surface area contributed by atoms with Crippen LogP contribution in [-0.2, 0) is 0 Å². The summed E-state index contributed by atoms with van der Waals surface area (Å²) in [6, 6.07) is 28.9. The van der Waals surface area contributed by atoms with E-state index >= 15 is 0 Å². The van der Waals surface area contributed by atoms with Gasteiger partial charge in [-0.25, -0.2) is 0 Å². The molecule has 4 rings (SSSR count). The standard InChI is InChI=1S/C24H25N/c1-4-10-19(11-5-1)21-16-22(20-12-6-2-7-13-20)18-24(17-21)25-23-14-8-3-9-15-23/h1-2,4-7,10-13,16-18,23,25H,3,8-9,14-15H2. The Hall–Kier alpha value is -2.54. The lowest BCUT2D eigenvalue weighted by molar-refractivity contribution is 0.463. The Labute approximate surface area is 150 Å². The third-order valence-corrected chi connectivity index (χ3v) is 5.12. The Morgan fingerprint density at radius 2 is 1.08 bits per heavy atom. The van der Waals surface area contributed by atoms with Crippen molar-refractivity contribution in [1.82, 2.24) is 0 Å². The molecule has 0 aromatic heterocycles. The molecule has 1 fully saturated rings. The van der Waals surface area contributed by atoms with Crippen molar-refractivity contribution in [3.8, 4) is 22.3 Å². The van der Waals surface area contributed by atoms with Crippen molar-refractivity contribution >= 4 is 5.69 Å². The molecule has 1 aliphatic carbocycles. The van der Waals surface area contributed by atoms with Gasteiger partial charge < -0.3 is 5.32 Å². The van der Waals surface area contributed by atoms with Crippen LogP contribution >= 0.6 is 0 Å². The Morgan fingerprint density at radius 3 is 1.60 bits per heavy atom. The maximum Gasteiger partial charge on any atom is 0.0354 e. The van der Waals surface area contributed by atoms with E-state index < -0.39 is 0 Å². The van der Waals surface area contributed by atoms with Crippen molar-refractivity contribution in [2.24, 2.45) is 0 Å². The smallest absolute Gasteiger partial charge is 0.0354 e. The largest absolute Gasteiger partial charge is 0.382 e. The summed E-state index contributed by atoms with van der Waals surface area (Å²) in [6.07, 6.45) is 6.66. The number of nitrogens with one attached hydrogen (secondary N) is 1. The molecule has 3 aromatic carbocycles. The zero-order valence-electron chi connectivity index (χ0n) is 14.6. The second-order valence-electron chi connectivity index (χ2n) is 7.01. The molecule has 1 saturated carbocycles. The van der Waals surface area contributed by atoms with Crippen LogP contribution in [0.2, 0.25) is 0 Å². The number of benzene rings is 3. The SMILES string of the molecule is c1ccc(-c2cc(NC3CCCCC3)cc(-c3ccccc3)c2)cc1. The molecule has 126 valence electrons. The zero-order chi connectivity index (χ0) is 16.9. The van der Waals surface area contributed by atoms with Crippen LogP contribution in [0.25, 0.3) is 22.3 Å². The van der Waals surface area contributed by atoms with Crippen LogP contribution in [0.15, 0.2) is 78.9 Å². The summed E-state index contributed by atoms with van der Waals surface area (Å²) < 4.78 is 0. The van der Waals surface area contributed by atoms with Gasteiger partial charge in [0, 0.05) is 11.7 Å². The molecular weight excluding hydrogens is 302 g/mol. The van der Waals surface area contributed by atoms with E-state index in [4.69, 9.17) is 0 Å². The highest BCUT2D eigenvalue weighted by atomic mass is 14.9. The number of rotatable bonds is 4. The first-order valence-corrected chi connectivity index (χ1v) is 9.41. The van der Waals surface area contributed by atoms with Gasteiger partial charge in [-0.2, -0.15) is 0 Å². The van der Waals surface area contributed by atoms with Gasteiger partial charge >= 0.3 is 0 Å². The van der Waals surface area contributed by atoms with Gasteiger partial charge in [-0.1, -0.05) is 79.9 Å². The monoisotopic (exact) mass is 327 g/mol. The maximum atomic E-state index is 3.80. The van der Waals surface area contributed by atoms with Gasteiger partial charge in [-0.05, 0) is 53.3 Å². The molecule has 0 heterocycles. The minimum atomic E-state index is 0.614. The van der Waals surface area contributed by atoms with E-state index in [2.05, 4.69) is 84.2 Å². The van der Waals surface area contributed by atoms with Gasteiger partial charge in [0.25, 0.3) is 0 Å². The Morgan fingerprint density at radius 1 is 0.560 bits per heavy atom. The molecule has 3 aromatic rings. The molecule has 0 unspecified atom stereocenters. The first kappa shape index (κ1) is 16.0. The molecule has 0 radical (unpaired) electrons. The predicted molar refractivity (Wildman–Crippen MR) is 108 cm³/mol. The topological polar surface area (TPSA) is 12.0 Å². The van der Waals surface area contributed by atoms with Crippen LogP contribution in [-0.4, -0.2) is 6.04 Å². The third kappa shape index (κ3) is 3.93. The van der Waals surface area contributed by atoms with Crippen molar-refractivity contribution in [2.75, 3.05) is 5.32 Å². The van der Waals surface area contributed by atoms with E-state index in [-0.39, 0.29) is 0 Å². The summed E-state index contributed by atoms with van der Waals surface area (Å²) in [5, 5.41) is 3.80. The molecule has 1 N–H and O–H groups in total. The first-order valence-electron chi connectivity index (χ1n) is 9.41. The van der Waals surface area contributed by atoms with Gasteiger partial charge in [0.15, 0.2) is 0 Å². The molecule has 1 nitrogen and oxygen atoms in total. The van der Waals surface area contributed by atoms with Gasteiger partial charge in [-0.15, -0.1) is 0 Å². The van der Waals surface area contributed by atoms with Gasteiger partial charge in [0.05, 0.1) is 0 Å². The van der Waals surface area contributed by atoms with Crippen LogP contribution < -0.4 is 5.32 Å². The highest BCUT2D eigenvalue weighted by Crippen LogP contribution is 2.32. The average Bonchev–Trinajstić information content (AvgIpc) is 2.70. The number of hydrogen-bond acceptors (Lipinski definition) is 1. The average molecular weight is 327 g/mol. The highest BCUT2D eigenvalue weighted by Gasteiger charge is 2.14. The zero-order valence-corrected chi connectivity index (χ0v) is 14.6. The summed E-state index contributed by atoms with van der Waals surface area (Å²) in [4.78, 5) is 0. The van der Waals surface area contributed by atoms with E-state index in [1.54, 1.807) is 0 Å². The summed E-state index contributed by atoms with van der Waals surface area (Å²) in [5.41, 5.74) is 6.34. The van der Waals surface area contributed by atoms with Gasteiger partial charge in [0.1, 0.15) is 0 Å². The van der Waals surface area contributed by atoms with Crippen LogP contribution in [0.4, 0.5) is 5.69 Å². The molecule has 1 heteroatoms. The van der Waals surface area contributed by atoms with E-state index in [1.165, 1.54) is 60.0 Å². The van der Waals surface area contributed by atoms with Crippen molar-refractivity contribution < 1.29 is 0 Å². The lowest BCUT2D eigenvalue weighted by Crippen LogP contribution is -2.22. The molecule has 0 atom stereocenters. The minimum absolute atomic E-state index is 0.614. The van der Waals surface area contributed by atoms with Crippen LogP contribution in [0.1, 0.15) is 32.1 Å². The fourth-order valence-electron chi connectivity index (χ4n) is 3.79. The predicted octanol–water partition coefficient (Wildman–Crippen LogP) is 6.77. The van der Waals surface area contributed by atoms with E-state index in [9.17, 15) is 0 Å². The highest BCUT2D eigenvalue weighted by molar-refractivity contribution is 5.78. The van der Waals surface area contributed by atoms with Crippen molar-refractivity contribution in [1.29, 1.82) is 0 Å². The Balaban J connectivity index is 1.72. The second-order valence-corrected chi connectivity index (χ2v) is 7.01. The molecule has 0 saturated heterocycles. The summed E-state index contributed by atoms with van der Waals surface area (Å²) in [7, 11) is 0. The molecule has 1 aliphatic rings. The van der Waals surface area contributed by atoms with Crippen molar-refractivity contribution in [3.63, 3.8) is 0 Å². The Kier molecular flexibility index (Phi) is 4.83. The van der Waals surface area contributed by atoms with Gasteiger partial charge in [-0.3, -0.25) is 0 Å². The molecule has 25 heavy (non-hydrogen) atoms. The normalized spacial score (nSPS) is 15.0. The third-order valence-electron chi connectivity index (χ3n) is 5.12. The fourth-order valence-corrected chi connectivity index (χ4v) is 3.79. The number of anilines is 1. The number of hydrogen-bond donors (Lipinski definition) is 1. The van der Waals surface area contributed by atoms with Crippen molar-refractivity contribution in [3.05, 3.63) is 78.9 Å².